The van der Waals surface area contributed by atoms with Gasteiger partial charge in [0.25, 0.3) is 0 Å². The second-order valence-electron chi connectivity index (χ2n) is 5.71. The number of aromatic nitrogens is 1. The van der Waals surface area contributed by atoms with Gasteiger partial charge in [0.2, 0.25) is 10.0 Å². The molecule has 0 aliphatic heterocycles. The van der Waals surface area contributed by atoms with E-state index >= 15 is 0 Å². The van der Waals surface area contributed by atoms with E-state index in [0.717, 1.165) is 12.8 Å². The fourth-order valence-electron chi connectivity index (χ4n) is 2.37. The minimum atomic E-state index is -3.39. The van der Waals surface area contributed by atoms with Crippen molar-refractivity contribution in [3.8, 4) is 0 Å². The van der Waals surface area contributed by atoms with Crippen LogP contribution < -0.4 is 4.72 Å². The van der Waals surface area contributed by atoms with Crippen LogP contribution in [0.15, 0.2) is 5.38 Å². The SMILES string of the molecule is COC(=O)C(C)(C)c1csc(NS(=O)(=O)C2CCCC2)n1. The number of methoxy groups -OCH3 is 1. The summed E-state index contributed by atoms with van der Waals surface area (Å²) in [5.41, 5.74) is -0.397. The zero-order valence-corrected chi connectivity index (χ0v) is 14.0. The maximum Gasteiger partial charge on any atom is 0.317 e. The van der Waals surface area contributed by atoms with Crippen molar-refractivity contribution < 1.29 is 17.9 Å². The average molecular weight is 332 g/mol. The van der Waals surface area contributed by atoms with Gasteiger partial charge in [-0.05, 0) is 26.7 Å². The van der Waals surface area contributed by atoms with Crippen LogP contribution in [0.1, 0.15) is 45.2 Å². The summed E-state index contributed by atoms with van der Waals surface area (Å²) in [6.07, 6.45) is 3.29. The highest BCUT2D eigenvalue weighted by atomic mass is 32.2. The van der Waals surface area contributed by atoms with E-state index in [1.54, 1.807) is 19.2 Å². The number of thiazole rings is 1. The summed E-state index contributed by atoms with van der Waals surface area (Å²) < 4.78 is 31.7. The number of ether oxygens (including phenoxy) is 1. The van der Waals surface area contributed by atoms with Gasteiger partial charge < -0.3 is 4.74 Å². The molecule has 0 unspecified atom stereocenters. The Labute approximate surface area is 129 Å². The maximum absolute atomic E-state index is 12.2. The van der Waals surface area contributed by atoms with Crippen LogP contribution in [0, 0.1) is 0 Å². The quantitative estimate of drug-likeness (QED) is 0.836. The molecular formula is C13H20N2O4S2. The highest BCUT2D eigenvalue weighted by Crippen LogP contribution is 2.31. The van der Waals surface area contributed by atoms with Gasteiger partial charge in [-0.1, -0.05) is 12.8 Å². The maximum atomic E-state index is 12.2. The predicted molar refractivity (Wildman–Crippen MR) is 82.0 cm³/mol. The molecule has 0 aromatic carbocycles. The lowest BCUT2D eigenvalue weighted by Crippen LogP contribution is -2.30. The summed E-state index contributed by atoms with van der Waals surface area (Å²) in [5.74, 6) is -0.405. The van der Waals surface area contributed by atoms with E-state index in [-0.39, 0.29) is 5.25 Å². The largest absolute Gasteiger partial charge is 0.468 e. The molecule has 6 nitrogen and oxygen atoms in total. The van der Waals surface area contributed by atoms with Gasteiger partial charge >= 0.3 is 5.97 Å². The van der Waals surface area contributed by atoms with E-state index < -0.39 is 21.4 Å². The topological polar surface area (TPSA) is 85.4 Å². The van der Waals surface area contributed by atoms with Crippen LogP contribution in [0.25, 0.3) is 0 Å². The first-order chi connectivity index (χ1) is 9.77. The number of rotatable bonds is 5. The van der Waals surface area contributed by atoms with Crippen LogP contribution in [0.5, 0.6) is 0 Å². The lowest BCUT2D eigenvalue weighted by Gasteiger charge is -2.18. The van der Waals surface area contributed by atoms with E-state index in [2.05, 4.69) is 9.71 Å². The Kier molecular flexibility index (Phi) is 4.57. The molecule has 1 fully saturated rings. The number of esters is 1. The minimum absolute atomic E-state index is 0.300. The number of sulfonamides is 1. The van der Waals surface area contributed by atoms with Gasteiger partial charge in [0.15, 0.2) is 5.13 Å². The Hall–Kier alpha value is -1.15. The molecule has 2 rings (SSSR count). The summed E-state index contributed by atoms with van der Waals surface area (Å²) in [6, 6.07) is 0. The summed E-state index contributed by atoms with van der Waals surface area (Å²) in [6.45, 7) is 3.40. The molecule has 1 heterocycles. The number of hydrogen-bond acceptors (Lipinski definition) is 6. The van der Waals surface area contributed by atoms with Gasteiger partial charge in [0.1, 0.15) is 5.41 Å². The second-order valence-corrected chi connectivity index (χ2v) is 8.53. The Balaban J connectivity index is 2.15. The molecule has 1 aromatic rings. The zero-order chi connectivity index (χ0) is 15.7. The molecule has 0 spiro atoms. The van der Waals surface area contributed by atoms with Crippen LogP contribution in [0.4, 0.5) is 5.13 Å². The van der Waals surface area contributed by atoms with Gasteiger partial charge in [0.05, 0.1) is 18.1 Å². The molecule has 0 bridgehead atoms. The molecule has 0 saturated heterocycles. The molecule has 0 radical (unpaired) electrons. The van der Waals surface area contributed by atoms with E-state index in [0.29, 0.717) is 23.7 Å². The molecule has 1 aromatic heterocycles. The van der Waals surface area contributed by atoms with Crippen molar-refractivity contribution >= 4 is 32.5 Å². The van der Waals surface area contributed by atoms with E-state index in [9.17, 15) is 13.2 Å². The first kappa shape index (κ1) is 16.2. The first-order valence-electron chi connectivity index (χ1n) is 6.83. The molecule has 21 heavy (non-hydrogen) atoms. The summed E-state index contributed by atoms with van der Waals surface area (Å²) >= 11 is 1.18. The third-order valence-corrected chi connectivity index (χ3v) is 6.52. The third-order valence-electron chi connectivity index (χ3n) is 3.81. The van der Waals surface area contributed by atoms with Crippen molar-refractivity contribution in [3.05, 3.63) is 11.1 Å². The van der Waals surface area contributed by atoms with Crippen molar-refractivity contribution in [2.24, 2.45) is 0 Å². The third kappa shape index (κ3) is 3.37. The van der Waals surface area contributed by atoms with Crippen LogP contribution in [-0.4, -0.2) is 31.7 Å². The minimum Gasteiger partial charge on any atom is -0.468 e. The Morgan fingerprint density at radius 3 is 2.62 bits per heavy atom. The zero-order valence-electron chi connectivity index (χ0n) is 12.4. The van der Waals surface area contributed by atoms with E-state index in [1.165, 1.54) is 18.4 Å². The molecule has 0 amide bonds. The highest BCUT2D eigenvalue weighted by Gasteiger charge is 2.34. The fraction of sp³-hybridized carbons (Fsp3) is 0.692. The monoisotopic (exact) mass is 332 g/mol. The second kappa shape index (κ2) is 5.92. The number of carbonyl (C=O) groups excluding carboxylic acids is 1. The highest BCUT2D eigenvalue weighted by molar-refractivity contribution is 7.93. The molecule has 1 N–H and O–H groups in total. The van der Waals surface area contributed by atoms with Crippen molar-refractivity contribution in [3.63, 3.8) is 0 Å². The van der Waals surface area contributed by atoms with Gasteiger partial charge in [-0.25, -0.2) is 13.4 Å². The van der Waals surface area contributed by atoms with Crippen molar-refractivity contribution in [1.29, 1.82) is 0 Å². The molecule has 1 aliphatic carbocycles. The number of anilines is 1. The Morgan fingerprint density at radius 2 is 2.05 bits per heavy atom. The van der Waals surface area contributed by atoms with Crippen molar-refractivity contribution in [2.45, 2.75) is 50.2 Å². The Bertz CT molecular complexity index is 616. The summed E-state index contributed by atoms with van der Waals surface area (Å²) in [4.78, 5) is 16.0. The van der Waals surface area contributed by atoms with Crippen molar-refractivity contribution in [1.82, 2.24) is 4.98 Å². The Morgan fingerprint density at radius 1 is 1.43 bits per heavy atom. The molecular weight excluding hydrogens is 312 g/mol. The van der Waals surface area contributed by atoms with E-state index in [1.807, 2.05) is 0 Å². The van der Waals surface area contributed by atoms with Crippen molar-refractivity contribution in [2.75, 3.05) is 11.8 Å². The number of carbonyl (C=O) groups is 1. The van der Waals surface area contributed by atoms with Gasteiger partial charge in [-0.15, -0.1) is 11.3 Å². The number of hydrogen-bond donors (Lipinski definition) is 1. The van der Waals surface area contributed by atoms with Crippen LogP contribution in [0.3, 0.4) is 0 Å². The molecule has 8 heteroatoms. The van der Waals surface area contributed by atoms with E-state index in [4.69, 9.17) is 4.74 Å². The predicted octanol–water partition coefficient (Wildman–Crippen LogP) is 2.28. The lowest BCUT2D eigenvalue weighted by atomic mass is 9.90. The molecule has 118 valence electrons. The smallest absolute Gasteiger partial charge is 0.317 e. The van der Waals surface area contributed by atoms with Gasteiger partial charge in [0, 0.05) is 5.38 Å². The average Bonchev–Trinajstić information content (AvgIpc) is 3.08. The normalized spacial score (nSPS) is 16.9. The van der Waals surface area contributed by atoms with Crippen LogP contribution >= 0.6 is 11.3 Å². The van der Waals surface area contributed by atoms with Gasteiger partial charge in [-0.2, -0.15) is 0 Å². The summed E-state index contributed by atoms with van der Waals surface area (Å²) in [5, 5.41) is 1.65. The fourth-order valence-corrected chi connectivity index (χ4v) is 5.04. The van der Waals surface area contributed by atoms with Crippen LogP contribution in [-0.2, 0) is 25.0 Å². The summed E-state index contributed by atoms with van der Waals surface area (Å²) in [7, 11) is -2.07. The molecule has 1 saturated carbocycles. The molecule has 0 atom stereocenters. The number of nitrogens with one attached hydrogen (secondary N) is 1. The standard InChI is InChI=1S/C13H20N2O4S2/c1-13(2,11(16)19-3)10-8-20-12(14-10)15-21(17,18)9-6-4-5-7-9/h8-9H,4-7H2,1-3H3,(H,14,15). The number of nitrogens with zero attached hydrogens (tertiary/aromatic N) is 1. The molecule has 1 aliphatic rings. The first-order valence-corrected chi connectivity index (χ1v) is 9.26. The lowest BCUT2D eigenvalue weighted by molar-refractivity contribution is -0.146. The van der Waals surface area contributed by atoms with Gasteiger partial charge in [-0.3, -0.25) is 9.52 Å². The van der Waals surface area contributed by atoms with Crippen LogP contribution in [0.2, 0.25) is 0 Å².